The van der Waals surface area contributed by atoms with Crippen LogP contribution in [0, 0.1) is 6.92 Å². The molecule has 0 aliphatic heterocycles. The van der Waals surface area contributed by atoms with Gasteiger partial charge in [0.05, 0.1) is 17.8 Å². The predicted molar refractivity (Wildman–Crippen MR) is 72.8 cm³/mol. The highest BCUT2D eigenvalue weighted by Crippen LogP contribution is 2.23. The van der Waals surface area contributed by atoms with Crippen LogP contribution in [0.5, 0.6) is 0 Å². The summed E-state index contributed by atoms with van der Waals surface area (Å²) in [6.45, 7) is 8.03. The highest BCUT2D eigenvalue weighted by molar-refractivity contribution is 5.20. The lowest BCUT2D eigenvalue weighted by Crippen LogP contribution is -2.49. The maximum Gasteiger partial charge on any atom is 0.106 e. The van der Waals surface area contributed by atoms with E-state index in [-0.39, 0.29) is 12.1 Å². The summed E-state index contributed by atoms with van der Waals surface area (Å²) in [5.41, 5.74) is 2.40. The molecule has 1 aromatic rings. The van der Waals surface area contributed by atoms with Crippen molar-refractivity contribution in [1.29, 1.82) is 0 Å². The molecule has 0 aromatic carbocycles. The van der Waals surface area contributed by atoms with E-state index in [1.54, 1.807) is 0 Å². The van der Waals surface area contributed by atoms with Crippen molar-refractivity contribution in [2.45, 2.75) is 58.5 Å². The number of aliphatic hydroxyl groups is 1. The third-order valence-corrected chi connectivity index (χ3v) is 3.88. The van der Waals surface area contributed by atoms with Crippen LogP contribution in [0.1, 0.15) is 43.9 Å². The molecular formula is C14H25N3O. The van der Waals surface area contributed by atoms with Crippen molar-refractivity contribution in [2.75, 3.05) is 13.2 Å². The number of rotatable bonds is 5. The lowest BCUT2D eigenvalue weighted by molar-refractivity contribution is 0.157. The molecule has 1 heterocycles. The molecule has 0 radical (unpaired) electrons. The van der Waals surface area contributed by atoms with Gasteiger partial charge in [0.1, 0.15) is 5.82 Å². The summed E-state index contributed by atoms with van der Waals surface area (Å²) >= 11 is 0. The average molecular weight is 251 g/mol. The van der Waals surface area contributed by atoms with Crippen LogP contribution in [0.4, 0.5) is 0 Å². The van der Waals surface area contributed by atoms with Crippen molar-refractivity contribution < 1.29 is 5.11 Å². The Bertz CT molecular complexity index is 413. The molecule has 1 aliphatic rings. The first kappa shape index (κ1) is 13.6. The fraction of sp³-hybridized carbons (Fsp3) is 0.786. The molecule has 0 saturated heterocycles. The number of nitrogens with zero attached hydrogens (tertiary/aromatic N) is 2. The van der Waals surface area contributed by atoms with E-state index in [4.69, 9.17) is 0 Å². The van der Waals surface area contributed by atoms with Gasteiger partial charge in [-0.25, -0.2) is 4.98 Å². The van der Waals surface area contributed by atoms with Gasteiger partial charge in [0.2, 0.25) is 0 Å². The highest BCUT2D eigenvalue weighted by Gasteiger charge is 2.26. The number of likely N-dealkylation sites (N-methyl/N-ethyl adjacent to an activating group) is 1. The maximum absolute atomic E-state index is 9.61. The van der Waals surface area contributed by atoms with Gasteiger partial charge >= 0.3 is 0 Å². The summed E-state index contributed by atoms with van der Waals surface area (Å²) in [7, 11) is 0. The predicted octanol–water partition coefficient (Wildman–Crippen LogP) is 1.43. The summed E-state index contributed by atoms with van der Waals surface area (Å²) in [6, 6.07) is 0. The van der Waals surface area contributed by atoms with Crippen LogP contribution in [0.15, 0.2) is 0 Å². The summed E-state index contributed by atoms with van der Waals surface area (Å²) in [6.07, 6.45) is 4.76. The van der Waals surface area contributed by atoms with Gasteiger partial charge in [0, 0.05) is 12.2 Å². The molecule has 4 heteroatoms. The van der Waals surface area contributed by atoms with Gasteiger partial charge in [-0.1, -0.05) is 6.92 Å². The molecule has 1 aromatic heterocycles. The molecule has 102 valence electrons. The zero-order valence-corrected chi connectivity index (χ0v) is 11.8. The van der Waals surface area contributed by atoms with Crippen molar-refractivity contribution in [3.05, 3.63) is 17.2 Å². The first-order valence-corrected chi connectivity index (χ1v) is 7.00. The first-order valence-electron chi connectivity index (χ1n) is 7.00. The van der Waals surface area contributed by atoms with Crippen molar-refractivity contribution in [2.24, 2.45) is 0 Å². The van der Waals surface area contributed by atoms with Gasteiger partial charge < -0.3 is 15.0 Å². The minimum absolute atomic E-state index is 0.146. The van der Waals surface area contributed by atoms with E-state index in [2.05, 4.69) is 35.6 Å². The SMILES string of the molecule is CCNC(C)(CO)Cn1c(C)nc2c1CCCC2. The van der Waals surface area contributed by atoms with Crippen LogP contribution >= 0.6 is 0 Å². The monoisotopic (exact) mass is 251 g/mol. The Morgan fingerprint density at radius 1 is 1.39 bits per heavy atom. The number of imidazole rings is 1. The number of hydrogen-bond acceptors (Lipinski definition) is 3. The zero-order chi connectivity index (χ0) is 13.2. The second kappa shape index (κ2) is 5.41. The average Bonchev–Trinajstić information content (AvgIpc) is 2.66. The Kier molecular flexibility index (Phi) is 4.07. The Morgan fingerprint density at radius 2 is 2.11 bits per heavy atom. The Hall–Kier alpha value is -0.870. The van der Waals surface area contributed by atoms with Gasteiger partial charge in [0.25, 0.3) is 0 Å². The van der Waals surface area contributed by atoms with Crippen molar-refractivity contribution in [1.82, 2.24) is 14.9 Å². The summed E-state index contributed by atoms with van der Waals surface area (Å²) in [5, 5.41) is 13.0. The first-order chi connectivity index (χ1) is 8.59. The lowest BCUT2D eigenvalue weighted by atomic mass is 9.99. The van der Waals surface area contributed by atoms with E-state index < -0.39 is 0 Å². The topological polar surface area (TPSA) is 50.1 Å². The molecule has 0 spiro atoms. The number of aromatic nitrogens is 2. The van der Waals surface area contributed by atoms with Gasteiger partial charge in [-0.3, -0.25) is 0 Å². The smallest absolute Gasteiger partial charge is 0.106 e. The Balaban J connectivity index is 2.25. The third kappa shape index (κ3) is 2.59. The molecule has 0 saturated carbocycles. The molecule has 0 amide bonds. The number of nitrogens with one attached hydrogen (secondary N) is 1. The van der Waals surface area contributed by atoms with Crippen molar-refractivity contribution in [3.8, 4) is 0 Å². The summed E-state index contributed by atoms with van der Waals surface area (Å²) < 4.78 is 2.30. The van der Waals surface area contributed by atoms with Gasteiger partial charge in [-0.15, -0.1) is 0 Å². The van der Waals surface area contributed by atoms with E-state index in [1.165, 1.54) is 24.2 Å². The molecule has 4 nitrogen and oxygen atoms in total. The second-order valence-electron chi connectivity index (χ2n) is 5.59. The molecule has 1 atom stereocenters. The Labute approximate surface area is 109 Å². The van der Waals surface area contributed by atoms with Crippen LogP contribution in [-0.4, -0.2) is 33.3 Å². The minimum Gasteiger partial charge on any atom is -0.394 e. The fourth-order valence-electron chi connectivity index (χ4n) is 2.88. The van der Waals surface area contributed by atoms with Gasteiger partial charge in [-0.05, 0) is 46.1 Å². The molecule has 2 rings (SSSR count). The maximum atomic E-state index is 9.61. The van der Waals surface area contributed by atoms with E-state index in [9.17, 15) is 5.11 Å². The molecule has 1 aliphatic carbocycles. The third-order valence-electron chi connectivity index (χ3n) is 3.88. The van der Waals surface area contributed by atoms with E-state index in [0.717, 1.165) is 31.8 Å². The lowest BCUT2D eigenvalue weighted by Gasteiger charge is -2.30. The normalized spacial score (nSPS) is 18.4. The molecule has 18 heavy (non-hydrogen) atoms. The number of fused-ring (bicyclic) bond motifs is 1. The van der Waals surface area contributed by atoms with Crippen LogP contribution in [0.2, 0.25) is 0 Å². The Morgan fingerprint density at radius 3 is 2.78 bits per heavy atom. The van der Waals surface area contributed by atoms with E-state index >= 15 is 0 Å². The number of aliphatic hydroxyl groups excluding tert-OH is 1. The number of hydrogen-bond donors (Lipinski definition) is 2. The van der Waals surface area contributed by atoms with Gasteiger partial charge in [0.15, 0.2) is 0 Å². The van der Waals surface area contributed by atoms with Crippen molar-refractivity contribution in [3.63, 3.8) is 0 Å². The molecule has 0 fully saturated rings. The minimum atomic E-state index is -0.259. The quantitative estimate of drug-likeness (QED) is 0.832. The molecular weight excluding hydrogens is 226 g/mol. The van der Waals surface area contributed by atoms with Crippen LogP contribution in [-0.2, 0) is 19.4 Å². The van der Waals surface area contributed by atoms with E-state index in [0.29, 0.717) is 0 Å². The summed E-state index contributed by atoms with van der Waals surface area (Å²) in [5.74, 6) is 1.08. The standard InChI is InChI=1S/C14H25N3O/c1-4-15-14(3,10-18)9-17-11(2)16-12-7-5-6-8-13(12)17/h15,18H,4-10H2,1-3H3. The second-order valence-corrected chi connectivity index (χ2v) is 5.59. The van der Waals surface area contributed by atoms with E-state index in [1.807, 2.05) is 0 Å². The number of aryl methyl sites for hydroxylation is 2. The van der Waals surface area contributed by atoms with Crippen LogP contribution < -0.4 is 5.32 Å². The molecule has 1 unspecified atom stereocenters. The largest absolute Gasteiger partial charge is 0.394 e. The zero-order valence-electron chi connectivity index (χ0n) is 11.8. The fourth-order valence-corrected chi connectivity index (χ4v) is 2.88. The van der Waals surface area contributed by atoms with Gasteiger partial charge in [-0.2, -0.15) is 0 Å². The highest BCUT2D eigenvalue weighted by atomic mass is 16.3. The van der Waals surface area contributed by atoms with Crippen LogP contribution in [0.25, 0.3) is 0 Å². The molecule has 2 N–H and O–H groups in total. The van der Waals surface area contributed by atoms with Crippen LogP contribution in [0.3, 0.4) is 0 Å². The molecule has 0 bridgehead atoms. The summed E-state index contributed by atoms with van der Waals surface area (Å²) in [4.78, 5) is 4.68. The van der Waals surface area contributed by atoms with Crippen molar-refractivity contribution >= 4 is 0 Å².